The summed E-state index contributed by atoms with van der Waals surface area (Å²) in [6.45, 7) is 17.0. The number of nitrogens with zero attached hydrogens (tertiary/aromatic N) is 2. The van der Waals surface area contributed by atoms with Gasteiger partial charge in [0.1, 0.15) is 6.61 Å². The van der Waals surface area contributed by atoms with Crippen LogP contribution in [0.25, 0.3) is 0 Å². The van der Waals surface area contributed by atoms with Crippen molar-refractivity contribution >= 4 is 34.5 Å². The van der Waals surface area contributed by atoms with Crippen molar-refractivity contribution in [3.63, 3.8) is 0 Å². The lowest BCUT2D eigenvalue weighted by molar-refractivity contribution is -0.118. The van der Waals surface area contributed by atoms with Crippen LogP contribution in [0.5, 0.6) is 0 Å². The molecule has 0 radical (unpaired) electrons. The van der Waals surface area contributed by atoms with Gasteiger partial charge in [-0.05, 0) is 56.4 Å². The molecule has 0 saturated carbocycles. The van der Waals surface area contributed by atoms with Crippen LogP contribution in [0.1, 0.15) is 72.4 Å². The zero-order chi connectivity index (χ0) is 25.1. The Morgan fingerprint density at radius 3 is 2.31 bits per heavy atom. The Morgan fingerprint density at radius 2 is 1.84 bits per heavy atom. The standard InChI is InChI=1S/C18H26N2O2S.C3H7NO.2C2H6/c1-13-8-9-17(20-10-11-22-18(20)21)12-16(13)7-5-6-14(2)23-15(3)19-4;1-3(5)4-2;2*1-2/h8-9,12,14H,5-7,10-11H2,1-4H3;1-2H3,(H,4,5);2*1-2H3. The number of cyclic esters (lactones) is 1. The van der Waals surface area contributed by atoms with E-state index >= 15 is 0 Å². The smallest absolute Gasteiger partial charge is 0.414 e. The summed E-state index contributed by atoms with van der Waals surface area (Å²) in [6, 6.07) is 6.24. The first-order valence-corrected chi connectivity index (χ1v) is 12.5. The first kappa shape index (κ1) is 32.2. The lowest BCUT2D eigenvalue weighted by atomic mass is 10.0. The van der Waals surface area contributed by atoms with Gasteiger partial charge in [0.25, 0.3) is 0 Å². The second-order valence-electron chi connectivity index (χ2n) is 6.75. The Hall–Kier alpha value is -2.02. The highest BCUT2D eigenvalue weighted by atomic mass is 32.2. The lowest BCUT2D eigenvalue weighted by Gasteiger charge is -2.16. The van der Waals surface area contributed by atoms with Gasteiger partial charge in [0.05, 0.1) is 11.6 Å². The van der Waals surface area contributed by atoms with Crippen LogP contribution in [-0.2, 0) is 16.0 Å². The number of aryl methyl sites for hydroxylation is 2. The Morgan fingerprint density at radius 1 is 1.25 bits per heavy atom. The third-order valence-electron chi connectivity index (χ3n) is 4.50. The zero-order valence-electron chi connectivity index (χ0n) is 21.9. The second-order valence-corrected chi connectivity index (χ2v) is 8.38. The van der Waals surface area contributed by atoms with Crippen LogP contribution in [0.4, 0.5) is 10.5 Å². The van der Waals surface area contributed by atoms with Crippen molar-refractivity contribution in [2.24, 2.45) is 4.99 Å². The molecule has 2 amide bonds. The van der Waals surface area contributed by atoms with E-state index in [9.17, 15) is 9.59 Å². The molecule has 1 unspecified atom stereocenters. The molecular weight excluding hydrogens is 422 g/mol. The van der Waals surface area contributed by atoms with E-state index in [-0.39, 0.29) is 12.0 Å². The minimum absolute atomic E-state index is 0.00463. The van der Waals surface area contributed by atoms with Gasteiger partial charge < -0.3 is 10.1 Å². The summed E-state index contributed by atoms with van der Waals surface area (Å²) in [4.78, 5) is 27.3. The van der Waals surface area contributed by atoms with E-state index in [4.69, 9.17) is 4.74 Å². The summed E-state index contributed by atoms with van der Waals surface area (Å²) in [6.07, 6.45) is 3.10. The van der Waals surface area contributed by atoms with E-state index in [0.29, 0.717) is 18.4 Å². The van der Waals surface area contributed by atoms with Crippen LogP contribution in [0, 0.1) is 6.92 Å². The van der Waals surface area contributed by atoms with Crippen LogP contribution in [0.2, 0.25) is 0 Å². The number of rotatable bonds is 6. The van der Waals surface area contributed by atoms with Crippen molar-refractivity contribution in [3.8, 4) is 0 Å². The summed E-state index contributed by atoms with van der Waals surface area (Å²) in [5, 5.41) is 4.11. The fourth-order valence-electron chi connectivity index (χ4n) is 2.71. The molecule has 1 aliphatic rings. The minimum atomic E-state index is -0.237. The molecule has 1 aliphatic heterocycles. The van der Waals surface area contributed by atoms with Crippen LogP contribution in [-0.4, -0.2) is 49.5 Å². The lowest BCUT2D eigenvalue weighted by Crippen LogP contribution is -2.23. The molecule has 0 bridgehead atoms. The fraction of sp³-hybridized carbons (Fsp3) is 0.640. The monoisotopic (exact) mass is 467 g/mol. The van der Waals surface area contributed by atoms with Gasteiger partial charge in [-0.3, -0.25) is 14.7 Å². The van der Waals surface area contributed by atoms with Gasteiger partial charge in [0, 0.05) is 32.0 Å². The molecule has 1 heterocycles. The molecule has 0 aliphatic carbocycles. The summed E-state index contributed by atoms with van der Waals surface area (Å²) in [5.74, 6) is 0.00463. The average Bonchev–Trinajstić information content (AvgIpc) is 3.23. The Bertz CT molecular complexity index is 693. The molecule has 32 heavy (non-hydrogen) atoms. The third-order valence-corrected chi connectivity index (χ3v) is 5.66. The van der Waals surface area contributed by atoms with Crippen LogP contribution in [0.3, 0.4) is 0 Å². The second kappa shape index (κ2) is 19.6. The van der Waals surface area contributed by atoms with Crippen molar-refractivity contribution in [1.82, 2.24) is 5.32 Å². The van der Waals surface area contributed by atoms with Crippen LogP contribution >= 0.6 is 11.8 Å². The molecule has 1 saturated heterocycles. The van der Waals surface area contributed by atoms with Gasteiger partial charge >= 0.3 is 6.09 Å². The predicted octanol–water partition coefficient (Wildman–Crippen LogP) is 6.25. The molecule has 1 N–H and O–H groups in total. The normalized spacial score (nSPS) is 13.4. The molecular formula is C25H45N3O3S. The van der Waals surface area contributed by atoms with Gasteiger partial charge in [-0.1, -0.05) is 40.7 Å². The van der Waals surface area contributed by atoms with Crippen molar-refractivity contribution in [1.29, 1.82) is 0 Å². The molecule has 184 valence electrons. The van der Waals surface area contributed by atoms with Gasteiger partial charge in [-0.2, -0.15) is 0 Å². The number of anilines is 1. The molecule has 2 rings (SSSR count). The van der Waals surface area contributed by atoms with E-state index in [0.717, 1.165) is 30.0 Å². The number of hydrogen-bond acceptors (Lipinski definition) is 5. The summed E-state index contributed by atoms with van der Waals surface area (Å²) >= 11 is 1.84. The highest BCUT2D eigenvalue weighted by Crippen LogP contribution is 2.25. The number of carbonyl (C=O) groups excluding carboxylic acids is 2. The molecule has 1 atom stereocenters. The number of benzene rings is 1. The molecule has 0 aromatic heterocycles. The number of thioether (sulfide) groups is 1. The van der Waals surface area contributed by atoms with Crippen molar-refractivity contribution < 1.29 is 14.3 Å². The average molecular weight is 468 g/mol. The Labute approximate surface area is 200 Å². The summed E-state index contributed by atoms with van der Waals surface area (Å²) in [7, 11) is 3.44. The fourth-order valence-corrected chi connectivity index (χ4v) is 3.68. The highest BCUT2D eigenvalue weighted by Gasteiger charge is 2.23. The van der Waals surface area contributed by atoms with Crippen LogP contribution in [0.15, 0.2) is 23.2 Å². The predicted molar refractivity (Wildman–Crippen MR) is 141 cm³/mol. The number of aliphatic imine (C=N–C) groups is 1. The number of ether oxygens (including phenoxy) is 1. The maximum atomic E-state index is 11.7. The van der Waals surface area contributed by atoms with Crippen molar-refractivity contribution in [2.75, 3.05) is 32.1 Å². The summed E-state index contributed by atoms with van der Waals surface area (Å²) in [5.41, 5.74) is 3.55. The van der Waals surface area contributed by atoms with E-state index in [1.165, 1.54) is 18.1 Å². The van der Waals surface area contributed by atoms with Gasteiger partial charge in [0.2, 0.25) is 5.91 Å². The minimum Gasteiger partial charge on any atom is -0.447 e. The molecule has 1 fully saturated rings. The number of carbonyl (C=O) groups is 2. The quantitative estimate of drug-likeness (QED) is 0.396. The van der Waals surface area contributed by atoms with Gasteiger partial charge in [-0.15, -0.1) is 11.8 Å². The molecule has 0 spiro atoms. The molecule has 1 aromatic rings. The van der Waals surface area contributed by atoms with E-state index in [1.807, 2.05) is 52.6 Å². The molecule has 6 nitrogen and oxygen atoms in total. The summed E-state index contributed by atoms with van der Waals surface area (Å²) < 4.78 is 5.02. The number of nitrogens with one attached hydrogen (secondary N) is 1. The van der Waals surface area contributed by atoms with Gasteiger partial charge in [0.15, 0.2) is 0 Å². The topological polar surface area (TPSA) is 71.0 Å². The maximum absolute atomic E-state index is 11.7. The van der Waals surface area contributed by atoms with Crippen molar-refractivity contribution in [3.05, 3.63) is 29.3 Å². The number of hydrogen-bond donors (Lipinski definition) is 1. The zero-order valence-corrected chi connectivity index (χ0v) is 22.7. The first-order chi connectivity index (χ1) is 15.3. The first-order valence-electron chi connectivity index (χ1n) is 11.6. The Balaban J connectivity index is 0. The Kier molecular flexibility index (Phi) is 19.7. The van der Waals surface area contributed by atoms with Crippen molar-refractivity contribution in [2.45, 2.75) is 79.9 Å². The van der Waals surface area contributed by atoms with E-state index in [1.54, 1.807) is 11.9 Å². The van der Waals surface area contributed by atoms with E-state index in [2.05, 4.69) is 43.2 Å². The molecule has 1 aromatic carbocycles. The van der Waals surface area contributed by atoms with Gasteiger partial charge in [-0.25, -0.2) is 4.79 Å². The number of amides is 2. The SMILES string of the molecule is CC.CC.CN=C(C)SC(C)CCCc1cc(N2CCOC2=O)ccc1C.CNC(C)=O. The van der Waals surface area contributed by atoms with Crippen LogP contribution < -0.4 is 10.2 Å². The largest absolute Gasteiger partial charge is 0.447 e. The third kappa shape index (κ3) is 13.4. The molecule has 7 heteroatoms. The highest BCUT2D eigenvalue weighted by molar-refractivity contribution is 8.14. The maximum Gasteiger partial charge on any atom is 0.414 e. The van der Waals surface area contributed by atoms with E-state index < -0.39 is 0 Å².